The first-order valence-corrected chi connectivity index (χ1v) is 7.81. The molecule has 1 heterocycles. The Morgan fingerprint density at radius 2 is 1.46 bits per heavy atom. The van der Waals surface area contributed by atoms with Gasteiger partial charge in [-0.25, -0.2) is 9.97 Å². The van der Waals surface area contributed by atoms with Gasteiger partial charge in [-0.15, -0.1) is 0 Å². The van der Waals surface area contributed by atoms with Gasteiger partial charge in [0.2, 0.25) is 0 Å². The van der Waals surface area contributed by atoms with Crippen molar-refractivity contribution < 1.29 is 0 Å². The molecule has 0 saturated heterocycles. The van der Waals surface area contributed by atoms with Crippen molar-refractivity contribution >= 4 is 28.7 Å². The summed E-state index contributed by atoms with van der Waals surface area (Å²) >= 11 is 0. The highest BCUT2D eigenvalue weighted by Crippen LogP contribution is 2.29. The topological polar surface area (TPSA) is 75.9 Å². The molecule has 0 atom stereocenters. The zero-order valence-corrected chi connectivity index (χ0v) is 14.1. The largest absolute Gasteiger partial charge is 0.393 e. The average Bonchev–Trinajstić information content (AvgIpc) is 2.52. The second kappa shape index (κ2) is 6.58. The Kier molecular flexibility index (Phi) is 4.33. The first kappa shape index (κ1) is 15.8. The zero-order valence-electron chi connectivity index (χ0n) is 14.1. The summed E-state index contributed by atoms with van der Waals surface area (Å²) < 4.78 is 0. The van der Waals surface area contributed by atoms with E-state index in [1.807, 2.05) is 31.2 Å². The van der Waals surface area contributed by atoms with Crippen LogP contribution in [0.15, 0.2) is 48.8 Å². The Bertz CT molecular complexity index is 853. The Balaban J connectivity index is 1.89. The number of nitrogens with one attached hydrogen (secondary N) is 2. The molecule has 0 aliphatic rings. The highest BCUT2D eigenvalue weighted by Gasteiger charge is 2.10. The van der Waals surface area contributed by atoms with Crippen LogP contribution in [0.4, 0.5) is 28.7 Å². The average molecular weight is 319 g/mol. The summed E-state index contributed by atoms with van der Waals surface area (Å²) in [5.41, 5.74) is 12.2. The smallest absolute Gasteiger partial charge is 0.159 e. The molecule has 0 unspecified atom stereocenters. The van der Waals surface area contributed by atoms with Crippen molar-refractivity contribution in [3.05, 3.63) is 65.5 Å². The molecule has 1 aromatic heterocycles. The van der Waals surface area contributed by atoms with Crippen molar-refractivity contribution in [1.82, 2.24) is 9.97 Å². The number of hydrogen-bond acceptors (Lipinski definition) is 5. The molecule has 0 bridgehead atoms. The van der Waals surface area contributed by atoms with Gasteiger partial charge in [0.15, 0.2) is 11.6 Å². The zero-order chi connectivity index (χ0) is 17.1. The van der Waals surface area contributed by atoms with Gasteiger partial charge < -0.3 is 16.4 Å². The fourth-order valence-electron chi connectivity index (χ4n) is 2.62. The predicted octanol–water partition coefficient (Wildman–Crippen LogP) is 4.47. The monoisotopic (exact) mass is 319 g/mol. The fraction of sp³-hybridized carbons (Fsp3) is 0.158. The number of anilines is 5. The van der Waals surface area contributed by atoms with E-state index >= 15 is 0 Å². The molecule has 4 N–H and O–H groups in total. The molecule has 5 heteroatoms. The molecule has 0 aliphatic carbocycles. The van der Waals surface area contributed by atoms with Gasteiger partial charge in [0.1, 0.15) is 12.0 Å². The van der Waals surface area contributed by atoms with Gasteiger partial charge in [-0.2, -0.15) is 0 Å². The summed E-state index contributed by atoms with van der Waals surface area (Å²) in [7, 11) is 0. The molecule has 0 aliphatic heterocycles. The normalized spacial score (nSPS) is 10.5. The first-order valence-electron chi connectivity index (χ1n) is 7.81. The molecule has 0 radical (unpaired) electrons. The van der Waals surface area contributed by atoms with E-state index in [1.165, 1.54) is 17.5 Å². The molecule has 3 aromatic rings. The number of aryl methyl sites for hydroxylation is 3. The summed E-state index contributed by atoms with van der Waals surface area (Å²) in [6, 6.07) is 14.2. The van der Waals surface area contributed by atoms with Gasteiger partial charge in [-0.1, -0.05) is 24.3 Å². The van der Waals surface area contributed by atoms with Crippen molar-refractivity contribution in [2.45, 2.75) is 20.8 Å². The van der Waals surface area contributed by atoms with E-state index in [4.69, 9.17) is 5.73 Å². The maximum atomic E-state index is 6.26. The molecule has 0 fully saturated rings. The van der Waals surface area contributed by atoms with Gasteiger partial charge in [-0.3, -0.25) is 0 Å². The minimum absolute atomic E-state index is 0.486. The number of benzene rings is 2. The van der Waals surface area contributed by atoms with E-state index in [0.717, 1.165) is 16.9 Å². The molecule has 0 spiro atoms. The summed E-state index contributed by atoms with van der Waals surface area (Å²) in [6.45, 7) is 6.16. The SMILES string of the molecule is Cc1cc(C)cc(Nc2ncnc(Nc3ccccc3C)c2N)c1. The number of hydrogen-bond donors (Lipinski definition) is 3. The Morgan fingerprint density at radius 3 is 2.12 bits per heavy atom. The van der Waals surface area contributed by atoms with Gasteiger partial charge in [0.25, 0.3) is 0 Å². The van der Waals surface area contributed by atoms with Crippen LogP contribution < -0.4 is 16.4 Å². The van der Waals surface area contributed by atoms with Crippen molar-refractivity contribution in [3.63, 3.8) is 0 Å². The van der Waals surface area contributed by atoms with Crippen LogP contribution in [0.2, 0.25) is 0 Å². The molecule has 122 valence electrons. The van der Waals surface area contributed by atoms with E-state index in [1.54, 1.807) is 0 Å². The van der Waals surface area contributed by atoms with E-state index < -0.39 is 0 Å². The van der Waals surface area contributed by atoms with Crippen LogP contribution in [0.1, 0.15) is 16.7 Å². The third-order valence-corrected chi connectivity index (χ3v) is 3.77. The summed E-state index contributed by atoms with van der Waals surface area (Å²) in [6.07, 6.45) is 1.50. The highest BCUT2D eigenvalue weighted by molar-refractivity contribution is 5.80. The second-order valence-corrected chi connectivity index (χ2v) is 5.93. The van der Waals surface area contributed by atoms with Gasteiger partial charge in [0, 0.05) is 11.4 Å². The van der Waals surface area contributed by atoms with E-state index in [2.05, 4.69) is 52.6 Å². The third kappa shape index (κ3) is 3.46. The fourth-order valence-corrected chi connectivity index (χ4v) is 2.62. The molecule has 24 heavy (non-hydrogen) atoms. The van der Waals surface area contributed by atoms with Crippen molar-refractivity contribution in [2.75, 3.05) is 16.4 Å². The lowest BCUT2D eigenvalue weighted by Gasteiger charge is -2.14. The third-order valence-electron chi connectivity index (χ3n) is 3.77. The summed E-state index contributed by atoms with van der Waals surface area (Å²) in [4.78, 5) is 8.54. The Labute approximate surface area is 142 Å². The number of para-hydroxylation sites is 1. The van der Waals surface area contributed by atoms with Crippen LogP contribution in [-0.4, -0.2) is 9.97 Å². The van der Waals surface area contributed by atoms with Crippen molar-refractivity contribution in [1.29, 1.82) is 0 Å². The maximum absolute atomic E-state index is 6.26. The highest BCUT2D eigenvalue weighted by atomic mass is 15.1. The Morgan fingerprint density at radius 1 is 0.833 bits per heavy atom. The van der Waals surface area contributed by atoms with Crippen LogP contribution in [0.3, 0.4) is 0 Å². The molecule has 5 nitrogen and oxygen atoms in total. The summed E-state index contributed by atoms with van der Waals surface area (Å²) in [5.74, 6) is 1.18. The second-order valence-electron chi connectivity index (χ2n) is 5.93. The lowest BCUT2D eigenvalue weighted by Crippen LogP contribution is -2.06. The van der Waals surface area contributed by atoms with Crippen molar-refractivity contribution in [2.24, 2.45) is 0 Å². The van der Waals surface area contributed by atoms with Gasteiger partial charge in [-0.05, 0) is 55.7 Å². The lowest BCUT2D eigenvalue weighted by atomic mass is 10.1. The van der Waals surface area contributed by atoms with E-state index in [9.17, 15) is 0 Å². The first-order chi connectivity index (χ1) is 11.5. The molecule has 2 aromatic carbocycles. The molecular formula is C19H21N5. The molecular weight excluding hydrogens is 298 g/mol. The van der Waals surface area contributed by atoms with Crippen LogP contribution >= 0.6 is 0 Å². The minimum atomic E-state index is 0.486. The van der Waals surface area contributed by atoms with Crippen LogP contribution in [0, 0.1) is 20.8 Å². The lowest BCUT2D eigenvalue weighted by molar-refractivity contribution is 1.17. The summed E-state index contributed by atoms with van der Waals surface area (Å²) in [5, 5.41) is 6.55. The number of aromatic nitrogens is 2. The maximum Gasteiger partial charge on any atom is 0.159 e. The van der Waals surface area contributed by atoms with Crippen LogP contribution in [-0.2, 0) is 0 Å². The number of nitrogen functional groups attached to an aromatic ring is 1. The van der Waals surface area contributed by atoms with E-state index in [0.29, 0.717) is 17.3 Å². The molecule has 3 rings (SSSR count). The molecule has 0 amide bonds. The van der Waals surface area contributed by atoms with Crippen LogP contribution in [0.5, 0.6) is 0 Å². The number of rotatable bonds is 4. The van der Waals surface area contributed by atoms with Gasteiger partial charge in [0.05, 0.1) is 0 Å². The quantitative estimate of drug-likeness (QED) is 0.661. The number of nitrogens with zero attached hydrogens (tertiary/aromatic N) is 2. The Hall–Kier alpha value is -3.08. The van der Waals surface area contributed by atoms with E-state index in [-0.39, 0.29) is 0 Å². The van der Waals surface area contributed by atoms with Gasteiger partial charge >= 0.3 is 0 Å². The number of nitrogens with two attached hydrogens (primary N) is 1. The van der Waals surface area contributed by atoms with Crippen LogP contribution in [0.25, 0.3) is 0 Å². The van der Waals surface area contributed by atoms with Crippen molar-refractivity contribution in [3.8, 4) is 0 Å². The minimum Gasteiger partial charge on any atom is -0.393 e. The predicted molar refractivity (Wildman–Crippen MR) is 100 cm³/mol. The standard InChI is InChI=1S/C19H21N5/c1-12-8-13(2)10-15(9-12)23-18-17(20)19(22-11-21-18)24-16-7-5-4-6-14(16)3/h4-11H,20H2,1-3H3,(H2,21,22,23,24). The molecule has 0 saturated carbocycles.